The van der Waals surface area contributed by atoms with Gasteiger partial charge in [-0.1, -0.05) is 91.0 Å². The Hall–Kier alpha value is -2.77. The van der Waals surface area contributed by atoms with Crippen LogP contribution in [0.15, 0.2) is 108 Å². The number of thiol groups is 1. The van der Waals surface area contributed by atoms with Gasteiger partial charge in [-0.2, -0.15) is 0 Å². The topological polar surface area (TPSA) is 0 Å². The third kappa shape index (κ3) is 3.24. The van der Waals surface area contributed by atoms with Gasteiger partial charge in [0.2, 0.25) is 0 Å². The highest BCUT2D eigenvalue weighted by molar-refractivity contribution is 7.80. The van der Waals surface area contributed by atoms with E-state index in [-0.39, 0.29) is 0 Å². The fourth-order valence-corrected chi connectivity index (χ4v) is 3.49. The average Bonchev–Trinajstić information content (AvgIpc) is 2.70. The molecule has 4 rings (SSSR count). The van der Waals surface area contributed by atoms with Gasteiger partial charge in [0.05, 0.1) is 0 Å². The molecule has 0 bridgehead atoms. The Morgan fingerprint density at radius 2 is 0.760 bits per heavy atom. The Morgan fingerprint density at radius 1 is 0.400 bits per heavy atom. The van der Waals surface area contributed by atoms with Crippen molar-refractivity contribution >= 4 is 12.6 Å². The maximum absolute atomic E-state index is 4.89. The summed E-state index contributed by atoms with van der Waals surface area (Å²) in [5.74, 6) is 0. The molecule has 0 saturated carbocycles. The van der Waals surface area contributed by atoms with Crippen molar-refractivity contribution in [1.29, 1.82) is 0 Å². The van der Waals surface area contributed by atoms with Gasteiger partial charge in [-0.05, 0) is 45.5 Å². The lowest BCUT2D eigenvalue weighted by Gasteiger charge is -2.15. The lowest BCUT2D eigenvalue weighted by Crippen LogP contribution is -1.89. The first-order valence-corrected chi connectivity index (χ1v) is 8.81. The number of hydrogen-bond acceptors (Lipinski definition) is 1. The predicted molar refractivity (Wildman–Crippen MR) is 110 cm³/mol. The van der Waals surface area contributed by atoms with Crippen LogP contribution in [-0.4, -0.2) is 0 Å². The number of hydrogen-bond donors (Lipinski definition) is 1. The van der Waals surface area contributed by atoms with Gasteiger partial charge in [0, 0.05) is 4.90 Å². The van der Waals surface area contributed by atoms with E-state index in [0.717, 1.165) is 16.0 Å². The van der Waals surface area contributed by atoms with Crippen LogP contribution < -0.4 is 0 Å². The van der Waals surface area contributed by atoms with Crippen LogP contribution in [0, 0.1) is 0 Å². The third-order valence-electron chi connectivity index (χ3n) is 4.39. The fourth-order valence-electron chi connectivity index (χ4n) is 3.11. The van der Waals surface area contributed by atoms with Gasteiger partial charge in [-0.15, -0.1) is 12.6 Å². The summed E-state index contributed by atoms with van der Waals surface area (Å²) < 4.78 is 0. The summed E-state index contributed by atoms with van der Waals surface area (Å²) in [5.41, 5.74) is 7.10. The summed E-state index contributed by atoms with van der Waals surface area (Å²) in [6, 6.07) is 35.9. The molecule has 0 aliphatic rings. The van der Waals surface area contributed by atoms with Crippen LogP contribution in [0.3, 0.4) is 0 Å². The molecule has 0 atom stereocenters. The molecule has 1 heteroatoms. The maximum Gasteiger partial charge on any atom is 0.0198 e. The monoisotopic (exact) mass is 338 g/mol. The van der Waals surface area contributed by atoms with Crippen LogP contribution in [0.25, 0.3) is 33.4 Å². The summed E-state index contributed by atoms with van der Waals surface area (Å²) in [4.78, 5) is 1.01. The largest absolute Gasteiger partial charge is 0.142 e. The van der Waals surface area contributed by atoms with Crippen molar-refractivity contribution in [3.63, 3.8) is 0 Å². The molecule has 25 heavy (non-hydrogen) atoms. The molecule has 4 aromatic carbocycles. The molecule has 0 aromatic heterocycles. The van der Waals surface area contributed by atoms with Crippen LogP contribution in [0.1, 0.15) is 0 Å². The van der Waals surface area contributed by atoms with Gasteiger partial charge in [0.15, 0.2) is 0 Å². The van der Waals surface area contributed by atoms with E-state index >= 15 is 0 Å². The molecule has 0 heterocycles. The van der Waals surface area contributed by atoms with E-state index in [2.05, 4.69) is 84.9 Å². The molecule has 0 aliphatic carbocycles. The average molecular weight is 338 g/mol. The zero-order valence-corrected chi connectivity index (χ0v) is 14.7. The van der Waals surface area contributed by atoms with Gasteiger partial charge in [0.25, 0.3) is 0 Å². The van der Waals surface area contributed by atoms with E-state index in [1.165, 1.54) is 22.3 Å². The van der Waals surface area contributed by atoms with Crippen molar-refractivity contribution in [2.24, 2.45) is 0 Å². The first kappa shape index (κ1) is 15.7. The number of rotatable bonds is 3. The van der Waals surface area contributed by atoms with E-state index in [4.69, 9.17) is 12.6 Å². The summed E-state index contributed by atoms with van der Waals surface area (Å²) in [6.07, 6.45) is 0. The molecule has 0 nitrogen and oxygen atoms in total. The Labute approximate surface area is 154 Å². The molecule has 0 aliphatic heterocycles. The predicted octanol–water partition coefficient (Wildman–Crippen LogP) is 6.98. The van der Waals surface area contributed by atoms with Gasteiger partial charge >= 0.3 is 0 Å². The molecule has 120 valence electrons. The second kappa shape index (κ2) is 7.00. The van der Waals surface area contributed by atoms with Crippen molar-refractivity contribution < 1.29 is 0 Å². The van der Waals surface area contributed by atoms with Gasteiger partial charge in [-0.25, -0.2) is 0 Å². The van der Waals surface area contributed by atoms with E-state index in [1.54, 1.807) is 0 Å². The van der Waals surface area contributed by atoms with Gasteiger partial charge in [-0.3, -0.25) is 0 Å². The molecule has 0 N–H and O–H groups in total. The van der Waals surface area contributed by atoms with Crippen molar-refractivity contribution in [3.8, 4) is 33.4 Å². The van der Waals surface area contributed by atoms with E-state index in [9.17, 15) is 0 Å². The van der Waals surface area contributed by atoms with Crippen molar-refractivity contribution in [2.75, 3.05) is 0 Å². The molecule has 4 aromatic rings. The highest BCUT2D eigenvalue weighted by Gasteiger charge is 2.12. The molecule has 0 radical (unpaired) electrons. The minimum absolute atomic E-state index is 1.01. The summed E-state index contributed by atoms with van der Waals surface area (Å²) >= 11 is 4.89. The Balaban J connectivity index is 1.98. The molecule has 0 spiro atoms. The van der Waals surface area contributed by atoms with Crippen LogP contribution in [-0.2, 0) is 0 Å². The minimum atomic E-state index is 1.01. The summed E-state index contributed by atoms with van der Waals surface area (Å²) in [6.45, 7) is 0. The van der Waals surface area contributed by atoms with Crippen LogP contribution >= 0.6 is 12.6 Å². The van der Waals surface area contributed by atoms with E-state index in [1.807, 2.05) is 18.2 Å². The summed E-state index contributed by atoms with van der Waals surface area (Å²) in [5, 5.41) is 0. The Morgan fingerprint density at radius 3 is 1.16 bits per heavy atom. The molecular formula is C24H18S. The zero-order valence-electron chi connectivity index (χ0n) is 13.8. The minimum Gasteiger partial charge on any atom is -0.142 e. The molecule has 0 amide bonds. The molecule has 0 fully saturated rings. The highest BCUT2D eigenvalue weighted by Crippen LogP contribution is 2.39. The van der Waals surface area contributed by atoms with Crippen LogP contribution in [0.4, 0.5) is 0 Å². The van der Waals surface area contributed by atoms with Crippen molar-refractivity contribution in [3.05, 3.63) is 103 Å². The first-order chi connectivity index (χ1) is 12.3. The molecule has 0 unspecified atom stereocenters. The highest BCUT2D eigenvalue weighted by atomic mass is 32.1. The molecular weight excluding hydrogens is 320 g/mol. The SMILES string of the molecule is Sc1c(-c2ccccc2)cc(-c2ccccc2)cc1-c1ccccc1. The second-order valence-corrected chi connectivity index (χ2v) is 6.47. The summed E-state index contributed by atoms with van der Waals surface area (Å²) in [7, 11) is 0. The van der Waals surface area contributed by atoms with Crippen molar-refractivity contribution in [2.45, 2.75) is 4.90 Å². The number of benzene rings is 4. The lowest BCUT2D eigenvalue weighted by molar-refractivity contribution is 1.43. The van der Waals surface area contributed by atoms with Crippen LogP contribution in [0.5, 0.6) is 0 Å². The lowest BCUT2D eigenvalue weighted by atomic mass is 9.93. The second-order valence-electron chi connectivity index (χ2n) is 6.02. The molecule has 0 saturated heterocycles. The van der Waals surface area contributed by atoms with Crippen LogP contribution in [0.2, 0.25) is 0 Å². The maximum atomic E-state index is 4.89. The van der Waals surface area contributed by atoms with E-state index < -0.39 is 0 Å². The van der Waals surface area contributed by atoms with E-state index in [0.29, 0.717) is 0 Å². The zero-order chi connectivity index (χ0) is 17.1. The fraction of sp³-hybridized carbons (Fsp3) is 0. The quantitative estimate of drug-likeness (QED) is 0.383. The Bertz CT molecular complexity index is 914. The normalized spacial score (nSPS) is 10.6. The standard InChI is InChI=1S/C24H18S/c25-24-22(19-12-6-2-7-13-19)16-21(18-10-4-1-5-11-18)17-23(24)20-14-8-3-9-15-20/h1-17,25H. The Kier molecular flexibility index (Phi) is 4.41. The third-order valence-corrected chi connectivity index (χ3v) is 4.87. The smallest absolute Gasteiger partial charge is 0.0198 e. The van der Waals surface area contributed by atoms with Crippen molar-refractivity contribution in [1.82, 2.24) is 0 Å². The van der Waals surface area contributed by atoms with Gasteiger partial charge < -0.3 is 0 Å². The van der Waals surface area contributed by atoms with Gasteiger partial charge in [0.1, 0.15) is 0 Å². The first-order valence-electron chi connectivity index (χ1n) is 8.36.